The van der Waals surface area contributed by atoms with Crippen molar-refractivity contribution in [1.29, 1.82) is 0 Å². The van der Waals surface area contributed by atoms with Gasteiger partial charge in [-0.1, -0.05) is 22.7 Å². The second-order valence-electron chi connectivity index (χ2n) is 4.20. The lowest BCUT2D eigenvalue weighted by molar-refractivity contribution is 0.0913. The Morgan fingerprint density at radius 2 is 2.25 bits per heavy atom. The lowest BCUT2D eigenvalue weighted by Crippen LogP contribution is -2.28. The fraction of sp³-hybridized carbons (Fsp3) is 0.154. The van der Waals surface area contributed by atoms with Gasteiger partial charge in [-0.15, -0.1) is 16.4 Å². The van der Waals surface area contributed by atoms with E-state index >= 15 is 0 Å². The Morgan fingerprint density at radius 3 is 3.00 bits per heavy atom. The van der Waals surface area contributed by atoms with Crippen LogP contribution in [-0.4, -0.2) is 27.1 Å². The molecule has 1 atom stereocenters. The minimum Gasteiger partial charge on any atom is -0.386 e. The first-order chi connectivity index (χ1) is 9.74. The average Bonchev–Trinajstić information content (AvgIpc) is 3.12. The van der Waals surface area contributed by atoms with Gasteiger partial charge in [0.05, 0.1) is 0 Å². The van der Waals surface area contributed by atoms with Crippen molar-refractivity contribution >= 4 is 38.9 Å². The van der Waals surface area contributed by atoms with Crippen LogP contribution in [0.2, 0.25) is 0 Å². The van der Waals surface area contributed by atoms with Gasteiger partial charge in [0.2, 0.25) is 0 Å². The first-order valence-electron chi connectivity index (χ1n) is 5.96. The molecule has 7 heteroatoms. The lowest BCUT2D eigenvalue weighted by atomic mass is 10.2. The maximum Gasteiger partial charge on any atom is 0.272 e. The van der Waals surface area contributed by atoms with E-state index in [0.29, 0.717) is 0 Å². The quantitative estimate of drug-likeness (QED) is 0.775. The van der Waals surface area contributed by atoms with Crippen molar-refractivity contribution in [2.45, 2.75) is 6.10 Å². The molecule has 1 aromatic carbocycles. The van der Waals surface area contributed by atoms with Crippen molar-refractivity contribution in [3.8, 4) is 0 Å². The van der Waals surface area contributed by atoms with Crippen molar-refractivity contribution in [3.05, 3.63) is 46.3 Å². The summed E-state index contributed by atoms with van der Waals surface area (Å²) < 4.78 is 4.75. The first-order valence-corrected chi connectivity index (χ1v) is 7.61. The molecule has 2 N–H and O–H groups in total. The van der Waals surface area contributed by atoms with E-state index in [2.05, 4.69) is 14.9 Å². The number of aliphatic hydroxyl groups excluding tert-OH is 1. The number of hydrogen-bond donors (Lipinski definition) is 2. The highest BCUT2D eigenvalue weighted by molar-refractivity contribution is 7.19. The van der Waals surface area contributed by atoms with Gasteiger partial charge in [0.1, 0.15) is 6.10 Å². The number of amides is 1. The van der Waals surface area contributed by atoms with Gasteiger partial charge in [-0.05, 0) is 29.1 Å². The van der Waals surface area contributed by atoms with Crippen LogP contribution in [0.3, 0.4) is 0 Å². The smallest absolute Gasteiger partial charge is 0.272 e. The van der Waals surface area contributed by atoms with E-state index in [9.17, 15) is 9.90 Å². The number of nitrogens with zero attached hydrogens (tertiary/aromatic N) is 2. The third kappa shape index (κ3) is 2.69. The van der Waals surface area contributed by atoms with Crippen molar-refractivity contribution in [1.82, 2.24) is 14.9 Å². The first kappa shape index (κ1) is 13.2. The molecule has 0 aliphatic rings. The van der Waals surface area contributed by atoms with Crippen LogP contribution in [0.1, 0.15) is 21.5 Å². The molecule has 0 fully saturated rings. The van der Waals surface area contributed by atoms with Gasteiger partial charge in [-0.2, -0.15) is 0 Å². The number of carbonyl (C=O) groups excluding carboxylic acids is 1. The number of thiophene rings is 1. The molecule has 0 aliphatic heterocycles. The second-order valence-corrected chi connectivity index (χ2v) is 5.93. The van der Waals surface area contributed by atoms with Crippen LogP contribution in [-0.2, 0) is 0 Å². The molecular formula is C13H11N3O2S2. The van der Waals surface area contributed by atoms with Crippen LogP contribution >= 0.6 is 22.9 Å². The van der Waals surface area contributed by atoms with Gasteiger partial charge in [0.15, 0.2) is 5.69 Å². The zero-order valence-electron chi connectivity index (χ0n) is 10.3. The fourth-order valence-electron chi connectivity index (χ4n) is 1.81. The Hall–Kier alpha value is -1.83. The second kappa shape index (κ2) is 5.66. The number of aromatic nitrogens is 2. The summed E-state index contributed by atoms with van der Waals surface area (Å²) in [5.41, 5.74) is 0.276. The molecule has 0 bridgehead atoms. The number of fused-ring (bicyclic) bond motifs is 1. The van der Waals surface area contributed by atoms with Crippen molar-refractivity contribution in [2.75, 3.05) is 6.54 Å². The molecule has 5 nitrogen and oxygen atoms in total. The molecule has 3 aromatic rings. The van der Waals surface area contributed by atoms with Crippen LogP contribution in [0.5, 0.6) is 0 Å². The number of rotatable bonds is 4. The third-order valence-corrected chi connectivity index (χ3v) is 4.54. The molecule has 0 unspecified atom stereocenters. The zero-order chi connectivity index (χ0) is 13.9. The van der Waals surface area contributed by atoms with Crippen LogP contribution < -0.4 is 5.32 Å². The summed E-state index contributed by atoms with van der Waals surface area (Å²) in [5, 5.41) is 19.1. The monoisotopic (exact) mass is 305 g/mol. The number of carbonyl (C=O) groups is 1. The van der Waals surface area contributed by atoms with Crippen LogP contribution in [0, 0.1) is 0 Å². The van der Waals surface area contributed by atoms with Gasteiger partial charge < -0.3 is 10.4 Å². The van der Waals surface area contributed by atoms with Gasteiger partial charge >= 0.3 is 0 Å². The zero-order valence-corrected chi connectivity index (χ0v) is 11.9. The highest BCUT2D eigenvalue weighted by atomic mass is 32.1. The topological polar surface area (TPSA) is 75.1 Å². The highest BCUT2D eigenvalue weighted by Crippen LogP contribution is 2.29. The number of benzene rings is 1. The van der Waals surface area contributed by atoms with E-state index in [1.807, 2.05) is 30.3 Å². The average molecular weight is 305 g/mol. The van der Waals surface area contributed by atoms with Crippen LogP contribution in [0.15, 0.2) is 35.7 Å². The minimum atomic E-state index is -0.719. The van der Waals surface area contributed by atoms with E-state index in [1.54, 1.807) is 5.38 Å². The summed E-state index contributed by atoms with van der Waals surface area (Å²) in [6.07, 6.45) is -0.719. The van der Waals surface area contributed by atoms with E-state index < -0.39 is 6.10 Å². The molecule has 2 aromatic heterocycles. The molecule has 0 aliphatic carbocycles. The summed E-state index contributed by atoms with van der Waals surface area (Å²) in [7, 11) is 0. The number of hydrogen-bond acceptors (Lipinski definition) is 6. The number of nitrogens with one attached hydrogen (secondary N) is 1. The molecule has 0 spiro atoms. The molecular weight excluding hydrogens is 294 g/mol. The molecule has 0 saturated carbocycles. The summed E-state index contributed by atoms with van der Waals surface area (Å²) >= 11 is 2.65. The predicted octanol–water partition coefficient (Wildman–Crippen LogP) is 2.22. The molecule has 1 amide bonds. The van der Waals surface area contributed by atoms with Gasteiger partial charge in [0, 0.05) is 21.5 Å². The Morgan fingerprint density at radius 1 is 1.40 bits per heavy atom. The normalized spacial score (nSPS) is 12.4. The summed E-state index contributed by atoms with van der Waals surface area (Å²) in [6.45, 7) is 0.156. The summed E-state index contributed by atoms with van der Waals surface area (Å²) in [5.74, 6) is -0.320. The van der Waals surface area contributed by atoms with E-state index in [4.69, 9.17) is 0 Å². The largest absolute Gasteiger partial charge is 0.386 e. The van der Waals surface area contributed by atoms with E-state index in [-0.39, 0.29) is 18.1 Å². The molecule has 2 heterocycles. The summed E-state index contributed by atoms with van der Waals surface area (Å²) in [4.78, 5) is 12.5. The highest BCUT2D eigenvalue weighted by Gasteiger charge is 2.14. The molecule has 0 radical (unpaired) electrons. The Kier molecular flexibility index (Phi) is 3.72. The molecule has 3 rings (SSSR count). The standard InChI is InChI=1S/C13H11N3O2S2/c17-10(6-14-13(18)9-7-19-16-15-9)12-5-8-3-1-2-4-11(8)20-12/h1-5,7,10,17H,6H2,(H,14,18)/t10-/m0/s1. The van der Waals surface area contributed by atoms with Gasteiger partial charge in [-0.3, -0.25) is 4.79 Å². The minimum absolute atomic E-state index is 0.156. The maximum atomic E-state index is 11.7. The lowest BCUT2D eigenvalue weighted by Gasteiger charge is -2.08. The maximum absolute atomic E-state index is 11.7. The van der Waals surface area contributed by atoms with E-state index in [0.717, 1.165) is 26.5 Å². The van der Waals surface area contributed by atoms with E-state index in [1.165, 1.54) is 11.3 Å². The van der Waals surface area contributed by atoms with Crippen LogP contribution in [0.25, 0.3) is 10.1 Å². The predicted molar refractivity (Wildman–Crippen MR) is 79.0 cm³/mol. The van der Waals surface area contributed by atoms with Crippen molar-refractivity contribution in [3.63, 3.8) is 0 Å². The number of aliphatic hydroxyl groups is 1. The Balaban J connectivity index is 1.67. The molecule has 20 heavy (non-hydrogen) atoms. The Bertz CT molecular complexity index is 691. The van der Waals surface area contributed by atoms with Crippen LogP contribution in [0.4, 0.5) is 0 Å². The fourth-order valence-corrected chi connectivity index (χ4v) is 3.30. The SMILES string of the molecule is O=C(NC[C@H](O)c1cc2ccccc2s1)c1csnn1. The van der Waals surface area contributed by atoms with Crippen molar-refractivity contribution < 1.29 is 9.90 Å². The van der Waals surface area contributed by atoms with Gasteiger partial charge in [-0.25, -0.2) is 0 Å². The third-order valence-electron chi connectivity index (χ3n) is 2.82. The van der Waals surface area contributed by atoms with Crippen molar-refractivity contribution in [2.24, 2.45) is 0 Å². The Labute approximate surface area is 123 Å². The molecule has 102 valence electrons. The summed E-state index contributed by atoms with van der Waals surface area (Å²) in [6, 6.07) is 9.88. The molecule has 0 saturated heterocycles. The van der Waals surface area contributed by atoms with Gasteiger partial charge in [0.25, 0.3) is 5.91 Å².